The van der Waals surface area contributed by atoms with Gasteiger partial charge >= 0.3 is 6.41 Å². The second kappa shape index (κ2) is 3.34. The summed E-state index contributed by atoms with van der Waals surface area (Å²) in [5.74, 6) is -0.311. The summed E-state index contributed by atoms with van der Waals surface area (Å²) in [5, 5.41) is 0. The summed E-state index contributed by atoms with van der Waals surface area (Å²) in [6.45, 7) is 1.62. The van der Waals surface area contributed by atoms with E-state index in [0.717, 1.165) is 0 Å². The minimum Gasteiger partial charge on any atom is -0.307 e. The van der Waals surface area contributed by atoms with E-state index < -0.39 is 0 Å². The molecule has 0 saturated heterocycles. The number of rotatable bonds is 2. The highest BCUT2D eigenvalue weighted by molar-refractivity contribution is 5.76. The maximum absolute atomic E-state index is 12.9. The quantitative estimate of drug-likeness (QED) is 0.611. The van der Waals surface area contributed by atoms with Crippen molar-refractivity contribution in [2.45, 2.75) is 6.92 Å². The van der Waals surface area contributed by atoms with E-state index in [1.807, 2.05) is 0 Å². The molecule has 0 N–H and O–H groups in total. The highest BCUT2D eigenvalue weighted by atomic mass is 19.1. The van der Waals surface area contributed by atoms with Gasteiger partial charge in [0.25, 0.3) is 0 Å². The van der Waals surface area contributed by atoms with Crippen LogP contribution in [-0.2, 0) is 4.79 Å². The Hall–Kier alpha value is -1.38. The summed E-state index contributed by atoms with van der Waals surface area (Å²) >= 11 is 0. The first kappa shape index (κ1) is 8.71. The minimum absolute atomic E-state index is 0.311. The molecule has 0 aliphatic rings. The molecule has 0 fully saturated rings. The molecule has 0 atom stereocenters. The molecular weight excluding hydrogens is 157 g/mol. The Morgan fingerprint density at radius 3 is 2.75 bits per heavy atom. The van der Waals surface area contributed by atoms with E-state index >= 15 is 0 Å². The van der Waals surface area contributed by atoms with Crippen LogP contribution in [0.25, 0.3) is 0 Å². The lowest BCUT2D eigenvalue weighted by Crippen LogP contribution is -2.15. The summed E-state index contributed by atoms with van der Waals surface area (Å²) in [6.07, 6.45) is 1.67. The second-order valence-electron chi connectivity index (χ2n) is 2.53. The predicted molar refractivity (Wildman–Crippen MR) is 45.2 cm³/mol. The molecule has 0 saturated carbocycles. The zero-order chi connectivity index (χ0) is 9.14. The molecule has 1 aromatic rings. The van der Waals surface area contributed by atoms with Gasteiger partial charge in [-0.3, -0.25) is 4.79 Å². The molecule has 2 nitrogen and oxygen atoms in total. The molecule has 1 radical (unpaired) electrons. The van der Waals surface area contributed by atoms with Crippen LogP contribution in [0.5, 0.6) is 0 Å². The average Bonchev–Trinajstić information content (AvgIpc) is 2.08. The number of hydrogen-bond acceptors (Lipinski definition) is 1. The van der Waals surface area contributed by atoms with Gasteiger partial charge in [0, 0.05) is 18.3 Å². The fourth-order valence-electron chi connectivity index (χ4n) is 1.01. The minimum atomic E-state index is -0.311. The first-order chi connectivity index (χ1) is 5.66. The number of anilines is 1. The molecule has 0 spiro atoms. The molecule has 63 valence electrons. The van der Waals surface area contributed by atoms with Crippen LogP contribution in [0.15, 0.2) is 18.2 Å². The SMILES string of the molecule is Cc1c(F)cccc1N(C)[C]=O. The number of nitrogens with zero attached hydrogens (tertiary/aromatic N) is 1. The molecule has 0 heterocycles. The fraction of sp³-hybridized carbons (Fsp3) is 0.222. The Balaban J connectivity index is 3.15. The Kier molecular flexibility index (Phi) is 2.43. The summed E-state index contributed by atoms with van der Waals surface area (Å²) in [4.78, 5) is 11.5. The van der Waals surface area contributed by atoms with E-state index in [-0.39, 0.29) is 5.82 Å². The zero-order valence-electron chi connectivity index (χ0n) is 6.97. The molecule has 1 aromatic carbocycles. The molecule has 0 aromatic heterocycles. The number of halogens is 1. The molecule has 0 unspecified atom stereocenters. The van der Waals surface area contributed by atoms with E-state index in [9.17, 15) is 9.18 Å². The van der Waals surface area contributed by atoms with Gasteiger partial charge in [0.15, 0.2) is 0 Å². The summed E-state index contributed by atoms with van der Waals surface area (Å²) in [7, 11) is 1.54. The zero-order valence-corrected chi connectivity index (χ0v) is 6.97. The standard InChI is InChI=1S/C9H9FNO/c1-7-8(10)4-3-5-9(7)11(2)6-12/h3-5H,1-2H3. The lowest BCUT2D eigenvalue weighted by molar-refractivity contribution is 0.554. The van der Waals surface area contributed by atoms with Crippen LogP contribution in [0.3, 0.4) is 0 Å². The maximum atomic E-state index is 12.9. The van der Waals surface area contributed by atoms with Gasteiger partial charge in [0.05, 0.1) is 0 Å². The van der Waals surface area contributed by atoms with Gasteiger partial charge < -0.3 is 4.90 Å². The van der Waals surface area contributed by atoms with Crippen LogP contribution < -0.4 is 4.90 Å². The van der Waals surface area contributed by atoms with Gasteiger partial charge in [0.2, 0.25) is 0 Å². The second-order valence-corrected chi connectivity index (χ2v) is 2.53. The van der Waals surface area contributed by atoms with E-state index in [1.165, 1.54) is 18.0 Å². The van der Waals surface area contributed by atoms with Crippen molar-refractivity contribution in [2.24, 2.45) is 0 Å². The van der Waals surface area contributed by atoms with Crippen molar-refractivity contribution < 1.29 is 9.18 Å². The van der Waals surface area contributed by atoms with Crippen molar-refractivity contribution in [1.29, 1.82) is 0 Å². The van der Waals surface area contributed by atoms with E-state index in [4.69, 9.17) is 0 Å². The van der Waals surface area contributed by atoms with Crippen molar-refractivity contribution in [1.82, 2.24) is 0 Å². The third-order valence-electron chi connectivity index (χ3n) is 1.74. The summed E-state index contributed by atoms with van der Waals surface area (Å²) in [6, 6.07) is 4.59. The van der Waals surface area contributed by atoms with Crippen LogP contribution >= 0.6 is 0 Å². The summed E-state index contributed by atoms with van der Waals surface area (Å²) in [5.41, 5.74) is 1.01. The molecule has 12 heavy (non-hydrogen) atoms. The number of hydrogen-bond donors (Lipinski definition) is 0. The third-order valence-corrected chi connectivity index (χ3v) is 1.74. The largest absolute Gasteiger partial charge is 0.316 e. The highest BCUT2D eigenvalue weighted by Gasteiger charge is 2.06. The third kappa shape index (κ3) is 1.44. The lowest BCUT2D eigenvalue weighted by Gasteiger charge is -2.12. The average molecular weight is 166 g/mol. The van der Waals surface area contributed by atoms with Crippen molar-refractivity contribution in [3.8, 4) is 0 Å². The Morgan fingerprint density at radius 2 is 2.17 bits per heavy atom. The first-order valence-corrected chi connectivity index (χ1v) is 3.53. The molecule has 1 amide bonds. The number of carbonyl (C=O) groups excluding carboxylic acids is 1. The maximum Gasteiger partial charge on any atom is 0.316 e. The normalized spacial score (nSPS) is 9.58. The fourth-order valence-corrected chi connectivity index (χ4v) is 1.01. The van der Waals surface area contributed by atoms with Gasteiger partial charge in [-0.05, 0) is 19.1 Å². The van der Waals surface area contributed by atoms with Crippen LogP contribution in [0, 0.1) is 12.7 Å². The van der Waals surface area contributed by atoms with Crippen LogP contribution in [-0.4, -0.2) is 13.5 Å². The molecule has 0 aliphatic carbocycles. The Morgan fingerprint density at radius 1 is 1.50 bits per heavy atom. The van der Waals surface area contributed by atoms with Crippen molar-refractivity contribution in [2.75, 3.05) is 11.9 Å². The molecule has 0 aliphatic heterocycles. The smallest absolute Gasteiger partial charge is 0.307 e. The Bertz CT molecular complexity index is 299. The molecule has 1 rings (SSSR count). The molecular formula is C9H9FNO. The van der Waals surface area contributed by atoms with E-state index in [0.29, 0.717) is 11.3 Å². The van der Waals surface area contributed by atoms with Gasteiger partial charge in [-0.25, -0.2) is 4.39 Å². The van der Waals surface area contributed by atoms with Crippen molar-refractivity contribution >= 4 is 12.1 Å². The highest BCUT2D eigenvalue weighted by Crippen LogP contribution is 2.19. The number of benzene rings is 1. The van der Waals surface area contributed by atoms with Crippen molar-refractivity contribution in [3.63, 3.8) is 0 Å². The number of amides is 1. The first-order valence-electron chi connectivity index (χ1n) is 3.53. The topological polar surface area (TPSA) is 20.3 Å². The van der Waals surface area contributed by atoms with Crippen molar-refractivity contribution in [3.05, 3.63) is 29.6 Å². The summed E-state index contributed by atoms with van der Waals surface area (Å²) < 4.78 is 12.9. The Labute approximate surface area is 70.6 Å². The van der Waals surface area contributed by atoms with Crippen LogP contribution in [0.1, 0.15) is 5.56 Å². The molecule has 3 heteroatoms. The van der Waals surface area contributed by atoms with E-state index in [2.05, 4.69) is 0 Å². The van der Waals surface area contributed by atoms with Gasteiger partial charge in [-0.2, -0.15) is 0 Å². The van der Waals surface area contributed by atoms with Crippen LogP contribution in [0.4, 0.5) is 10.1 Å². The van der Waals surface area contributed by atoms with E-state index in [1.54, 1.807) is 25.5 Å². The monoisotopic (exact) mass is 166 g/mol. The van der Waals surface area contributed by atoms with Gasteiger partial charge in [-0.1, -0.05) is 6.07 Å². The van der Waals surface area contributed by atoms with Gasteiger partial charge in [0.1, 0.15) is 5.82 Å². The van der Waals surface area contributed by atoms with Gasteiger partial charge in [-0.15, -0.1) is 0 Å². The molecule has 0 bridgehead atoms. The van der Waals surface area contributed by atoms with Crippen LogP contribution in [0.2, 0.25) is 0 Å². The lowest BCUT2D eigenvalue weighted by atomic mass is 10.2. The predicted octanol–water partition coefficient (Wildman–Crippen LogP) is 1.64.